The predicted octanol–water partition coefficient (Wildman–Crippen LogP) is 7.82. The molecule has 1 aromatic heterocycles. The van der Waals surface area contributed by atoms with Gasteiger partial charge < -0.3 is 20.9 Å². The van der Waals surface area contributed by atoms with E-state index in [0.29, 0.717) is 33.3 Å². The van der Waals surface area contributed by atoms with Crippen LogP contribution in [0.5, 0.6) is 0 Å². The first-order valence-electron chi connectivity index (χ1n) is 12.4. The predicted molar refractivity (Wildman–Crippen MR) is 153 cm³/mol. The minimum absolute atomic E-state index is 0. The third-order valence-electron chi connectivity index (χ3n) is 6.78. The second-order valence-electron chi connectivity index (χ2n) is 9.50. The minimum atomic E-state index is -4.71. The molecule has 1 saturated carbocycles. The van der Waals surface area contributed by atoms with Crippen LogP contribution in [0.15, 0.2) is 54.6 Å². The molecule has 1 aliphatic rings. The molecule has 0 radical (unpaired) electrons. The topological polar surface area (TPSA) is 98.9 Å². The molecule has 4 N–H and O–H groups in total. The molecule has 1 aliphatic carbocycles. The summed E-state index contributed by atoms with van der Waals surface area (Å²) in [5.74, 6) is -1.00. The molecule has 12 heteroatoms. The zero-order valence-corrected chi connectivity index (χ0v) is 22.9. The Morgan fingerprint density at radius 1 is 0.975 bits per heavy atom. The van der Waals surface area contributed by atoms with Crippen molar-refractivity contribution in [2.45, 2.75) is 44.8 Å². The maximum atomic E-state index is 13.5. The summed E-state index contributed by atoms with van der Waals surface area (Å²) in [6.45, 7) is 1.76. The number of carbonyl (C=O) groups excluding carboxylic acids is 2. The molecule has 40 heavy (non-hydrogen) atoms. The number of imidazole rings is 1. The maximum Gasteiger partial charge on any atom is 0.417 e. The van der Waals surface area contributed by atoms with E-state index in [1.54, 1.807) is 25.1 Å². The second kappa shape index (κ2) is 11.8. The number of benzene rings is 3. The van der Waals surface area contributed by atoms with Crippen LogP contribution in [-0.4, -0.2) is 27.8 Å². The number of fused-ring (bicyclic) bond motifs is 1. The largest absolute Gasteiger partial charge is 0.417 e. The number of hydrogen-bond donors (Lipinski definition) is 4. The maximum absolute atomic E-state index is 13.5. The van der Waals surface area contributed by atoms with Gasteiger partial charge in [-0.05, 0) is 61.7 Å². The van der Waals surface area contributed by atoms with Gasteiger partial charge in [-0.3, -0.25) is 9.59 Å². The van der Waals surface area contributed by atoms with Crippen LogP contribution < -0.4 is 16.0 Å². The Bertz CT molecular complexity index is 1570. The van der Waals surface area contributed by atoms with E-state index in [1.807, 2.05) is 0 Å². The minimum Gasteiger partial charge on any atom is -0.353 e. The zero-order valence-electron chi connectivity index (χ0n) is 21.3. The van der Waals surface area contributed by atoms with Crippen molar-refractivity contribution in [2.75, 3.05) is 16.0 Å². The highest BCUT2D eigenvalue weighted by molar-refractivity contribution is 6.31. The Labute approximate surface area is 239 Å². The number of rotatable bonds is 6. The first-order valence-corrected chi connectivity index (χ1v) is 12.8. The third kappa shape index (κ3) is 6.18. The van der Waals surface area contributed by atoms with Crippen molar-refractivity contribution >= 4 is 64.2 Å². The second-order valence-corrected chi connectivity index (χ2v) is 9.90. The normalized spacial score (nSPS) is 13.6. The smallest absolute Gasteiger partial charge is 0.353 e. The van der Waals surface area contributed by atoms with E-state index < -0.39 is 29.1 Å². The van der Waals surface area contributed by atoms with Gasteiger partial charge in [0.15, 0.2) is 0 Å². The van der Waals surface area contributed by atoms with Gasteiger partial charge in [0.2, 0.25) is 5.95 Å². The number of hydrogen-bond acceptors (Lipinski definition) is 4. The van der Waals surface area contributed by atoms with Crippen LogP contribution >= 0.6 is 24.0 Å². The van der Waals surface area contributed by atoms with Crippen molar-refractivity contribution < 1.29 is 22.8 Å². The summed E-state index contributed by atoms with van der Waals surface area (Å²) < 4.78 is 40.5. The van der Waals surface area contributed by atoms with Crippen molar-refractivity contribution in [3.05, 3.63) is 81.9 Å². The van der Waals surface area contributed by atoms with Crippen molar-refractivity contribution in [3.8, 4) is 0 Å². The number of H-pyrrole nitrogens is 1. The molecular formula is C28H26Cl2F3N5O2. The summed E-state index contributed by atoms with van der Waals surface area (Å²) in [6.07, 6.45) is -0.487. The van der Waals surface area contributed by atoms with Gasteiger partial charge in [0.25, 0.3) is 11.8 Å². The van der Waals surface area contributed by atoms with E-state index >= 15 is 0 Å². The van der Waals surface area contributed by atoms with Crippen LogP contribution in [-0.2, 0) is 6.18 Å². The van der Waals surface area contributed by atoms with Gasteiger partial charge in [0.05, 0.1) is 22.2 Å². The lowest BCUT2D eigenvalue weighted by Gasteiger charge is -2.14. The number of alkyl halides is 3. The fourth-order valence-corrected chi connectivity index (χ4v) is 4.93. The summed E-state index contributed by atoms with van der Waals surface area (Å²) in [5, 5.41) is 9.16. The summed E-state index contributed by atoms with van der Waals surface area (Å²) in [4.78, 5) is 34.1. The standard InChI is InChI=1S/C28H25ClF3N5O2.ClH/c1-15-21(29)11-6-12-22(15)35-26(39)19-13-17(33-25(38)18-9-4-5-10-20(18)28(30,31)32)14-23-24(19)37-27(36-23)34-16-7-2-3-8-16;/h4-6,9-14,16H,2-3,7-8H2,1H3,(H,33,38)(H,35,39)(H2,34,36,37);1H. The fourth-order valence-electron chi connectivity index (χ4n) is 4.75. The van der Waals surface area contributed by atoms with Gasteiger partial charge in [-0.15, -0.1) is 12.4 Å². The summed E-state index contributed by atoms with van der Waals surface area (Å²) in [6, 6.07) is 12.8. The SMILES string of the molecule is Cc1c(Cl)cccc1NC(=O)c1cc(NC(=O)c2ccccc2C(F)(F)F)cc2[nH]c(NC3CCCC3)nc12.Cl. The molecular weight excluding hydrogens is 566 g/mol. The number of nitrogens with one attached hydrogen (secondary N) is 4. The van der Waals surface area contributed by atoms with Gasteiger partial charge in [-0.2, -0.15) is 13.2 Å². The molecule has 210 valence electrons. The van der Waals surface area contributed by atoms with Gasteiger partial charge in [0, 0.05) is 22.4 Å². The molecule has 0 atom stereocenters. The Kier molecular flexibility index (Phi) is 8.60. The number of amides is 2. The van der Waals surface area contributed by atoms with Crippen LogP contribution in [0, 0.1) is 6.92 Å². The lowest BCUT2D eigenvalue weighted by molar-refractivity contribution is -0.137. The van der Waals surface area contributed by atoms with Crippen LogP contribution in [0.1, 0.15) is 57.5 Å². The number of nitrogens with zero attached hydrogens (tertiary/aromatic N) is 1. The molecule has 4 aromatic rings. The van der Waals surface area contributed by atoms with E-state index in [9.17, 15) is 22.8 Å². The fraction of sp³-hybridized carbons (Fsp3) is 0.250. The Morgan fingerprint density at radius 2 is 1.68 bits per heavy atom. The zero-order chi connectivity index (χ0) is 27.7. The Balaban J connectivity index is 0.00000370. The van der Waals surface area contributed by atoms with E-state index in [1.165, 1.54) is 24.3 Å². The van der Waals surface area contributed by atoms with E-state index in [-0.39, 0.29) is 29.7 Å². The van der Waals surface area contributed by atoms with Crippen molar-refractivity contribution in [1.29, 1.82) is 0 Å². The summed E-state index contributed by atoms with van der Waals surface area (Å²) in [5.41, 5.74) is 0.625. The molecule has 0 unspecified atom stereocenters. The third-order valence-corrected chi connectivity index (χ3v) is 7.19. The van der Waals surface area contributed by atoms with Crippen LogP contribution in [0.3, 0.4) is 0 Å². The van der Waals surface area contributed by atoms with E-state index in [4.69, 9.17) is 11.6 Å². The number of aromatic nitrogens is 2. The van der Waals surface area contributed by atoms with Gasteiger partial charge >= 0.3 is 6.18 Å². The van der Waals surface area contributed by atoms with E-state index in [2.05, 4.69) is 25.9 Å². The summed E-state index contributed by atoms with van der Waals surface area (Å²) >= 11 is 6.20. The molecule has 1 heterocycles. The molecule has 7 nitrogen and oxygen atoms in total. The van der Waals surface area contributed by atoms with E-state index in [0.717, 1.165) is 37.8 Å². The van der Waals surface area contributed by atoms with Gasteiger partial charge in [0.1, 0.15) is 5.52 Å². The molecule has 0 bridgehead atoms. The molecule has 0 aliphatic heterocycles. The van der Waals surface area contributed by atoms with Gasteiger partial charge in [-0.1, -0.05) is 42.6 Å². The first kappa shape index (κ1) is 29.2. The number of carbonyl (C=O) groups is 2. The number of anilines is 3. The quantitative estimate of drug-likeness (QED) is 0.184. The highest BCUT2D eigenvalue weighted by Crippen LogP contribution is 2.33. The summed E-state index contributed by atoms with van der Waals surface area (Å²) in [7, 11) is 0. The van der Waals surface area contributed by atoms with Crippen molar-refractivity contribution in [2.24, 2.45) is 0 Å². The lowest BCUT2D eigenvalue weighted by atomic mass is 10.1. The number of halogens is 5. The monoisotopic (exact) mass is 591 g/mol. The molecule has 5 rings (SSSR count). The van der Waals surface area contributed by atoms with Crippen molar-refractivity contribution in [1.82, 2.24) is 9.97 Å². The van der Waals surface area contributed by atoms with Crippen LogP contribution in [0.2, 0.25) is 5.02 Å². The van der Waals surface area contributed by atoms with Crippen molar-refractivity contribution in [3.63, 3.8) is 0 Å². The Hall–Kier alpha value is -3.76. The molecule has 0 spiro atoms. The molecule has 3 aromatic carbocycles. The molecule has 0 saturated heterocycles. The van der Waals surface area contributed by atoms with Gasteiger partial charge in [-0.25, -0.2) is 4.98 Å². The highest BCUT2D eigenvalue weighted by Gasteiger charge is 2.35. The van der Waals surface area contributed by atoms with Crippen LogP contribution in [0.4, 0.5) is 30.5 Å². The molecule has 2 amide bonds. The highest BCUT2D eigenvalue weighted by atomic mass is 35.5. The molecule has 1 fully saturated rings. The average Bonchev–Trinajstić information content (AvgIpc) is 3.55. The lowest BCUT2D eigenvalue weighted by Crippen LogP contribution is -2.19. The number of aromatic amines is 1. The Morgan fingerprint density at radius 3 is 2.40 bits per heavy atom. The first-order chi connectivity index (χ1) is 18.6. The van der Waals surface area contributed by atoms with Crippen LogP contribution in [0.25, 0.3) is 11.0 Å². The average molecular weight is 592 g/mol.